The van der Waals surface area contributed by atoms with Gasteiger partial charge in [-0.15, -0.1) is 0 Å². The first-order valence-electron chi connectivity index (χ1n) is 6.31. The number of carbonyl (C=O) groups excluding carboxylic acids is 1. The Balaban J connectivity index is 1.71. The van der Waals surface area contributed by atoms with Crippen LogP contribution < -0.4 is 0 Å². The molecule has 0 amide bonds. The summed E-state index contributed by atoms with van der Waals surface area (Å²) < 4.78 is 0. The smallest absolute Gasteiger partial charge is 0.178 e. The first-order valence-corrected chi connectivity index (χ1v) is 6.69. The SMILES string of the molecule is O=C(CN1Cc2ccccc2C1)c1ccccc1Cl. The molecule has 0 bridgehead atoms. The van der Waals surface area contributed by atoms with Gasteiger partial charge in [-0.25, -0.2) is 0 Å². The van der Waals surface area contributed by atoms with E-state index in [1.807, 2.05) is 24.3 Å². The maximum Gasteiger partial charge on any atom is 0.178 e. The molecule has 0 N–H and O–H groups in total. The number of rotatable bonds is 3. The van der Waals surface area contributed by atoms with Crippen LogP contribution in [0.3, 0.4) is 0 Å². The number of fused-ring (bicyclic) bond motifs is 1. The molecule has 0 aromatic heterocycles. The lowest BCUT2D eigenvalue weighted by Crippen LogP contribution is -2.25. The molecule has 19 heavy (non-hydrogen) atoms. The first kappa shape index (κ1) is 12.4. The fraction of sp³-hybridized carbons (Fsp3) is 0.188. The van der Waals surface area contributed by atoms with E-state index < -0.39 is 0 Å². The molecule has 0 saturated heterocycles. The molecule has 0 unspecified atom stereocenters. The minimum absolute atomic E-state index is 0.0819. The monoisotopic (exact) mass is 271 g/mol. The van der Waals surface area contributed by atoms with E-state index in [0.717, 1.165) is 13.1 Å². The highest BCUT2D eigenvalue weighted by molar-refractivity contribution is 6.34. The van der Waals surface area contributed by atoms with Crippen LogP contribution in [0.5, 0.6) is 0 Å². The van der Waals surface area contributed by atoms with Crippen LogP contribution in [0, 0.1) is 0 Å². The molecule has 96 valence electrons. The minimum Gasteiger partial charge on any atom is -0.293 e. The molecule has 2 aromatic rings. The summed E-state index contributed by atoms with van der Waals surface area (Å²) >= 11 is 6.05. The van der Waals surface area contributed by atoms with Crippen molar-refractivity contribution in [3.8, 4) is 0 Å². The van der Waals surface area contributed by atoms with Gasteiger partial charge in [0.2, 0.25) is 0 Å². The molecule has 0 saturated carbocycles. The molecule has 3 heteroatoms. The van der Waals surface area contributed by atoms with E-state index in [-0.39, 0.29) is 5.78 Å². The average molecular weight is 272 g/mol. The largest absolute Gasteiger partial charge is 0.293 e. The molecule has 2 nitrogen and oxygen atoms in total. The third-order valence-electron chi connectivity index (χ3n) is 3.45. The summed E-state index contributed by atoms with van der Waals surface area (Å²) in [6.07, 6.45) is 0. The molecule has 2 aromatic carbocycles. The second kappa shape index (κ2) is 5.16. The zero-order chi connectivity index (χ0) is 13.2. The fourth-order valence-electron chi connectivity index (χ4n) is 2.49. The Morgan fingerprint density at radius 1 is 1.00 bits per heavy atom. The number of nitrogens with zero attached hydrogens (tertiary/aromatic N) is 1. The Morgan fingerprint density at radius 2 is 1.58 bits per heavy atom. The van der Waals surface area contributed by atoms with E-state index in [1.165, 1.54) is 11.1 Å². The quantitative estimate of drug-likeness (QED) is 0.796. The molecule has 0 spiro atoms. The molecule has 1 aliphatic heterocycles. The van der Waals surface area contributed by atoms with Gasteiger partial charge in [0, 0.05) is 18.7 Å². The Labute approximate surface area is 117 Å². The molecule has 0 fully saturated rings. The van der Waals surface area contributed by atoms with Crippen molar-refractivity contribution in [3.63, 3.8) is 0 Å². The van der Waals surface area contributed by atoms with E-state index in [4.69, 9.17) is 11.6 Å². The highest BCUT2D eigenvalue weighted by atomic mass is 35.5. The fourth-order valence-corrected chi connectivity index (χ4v) is 2.73. The van der Waals surface area contributed by atoms with Crippen molar-refractivity contribution in [1.29, 1.82) is 0 Å². The van der Waals surface area contributed by atoms with Gasteiger partial charge in [-0.3, -0.25) is 9.69 Å². The van der Waals surface area contributed by atoms with Gasteiger partial charge < -0.3 is 0 Å². The highest BCUT2D eigenvalue weighted by Crippen LogP contribution is 2.23. The predicted molar refractivity (Wildman–Crippen MR) is 76.3 cm³/mol. The van der Waals surface area contributed by atoms with Gasteiger partial charge in [0.25, 0.3) is 0 Å². The Hall–Kier alpha value is -1.64. The van der Waals surface area contributed by atoms with Crippen LogP contribution in [0.4, 0.5) is 0 Å². The van der Waals surface area contributed by atoms with Crippen molar-refractivity contribution in [2.45, 2.75) is 13.1 Å². The van der Waals surface area contributed by atoms with Crippen molar-refractivity contribution in [2.24, 2.45) is 0 Å². The predicted octanol–water partition coefficient (Wildman–Crippen LogP) is 3.54. The summed E-state index contributed by atoms with van der Waals surface area (Å²) in [7, 11) is 0. The summed E-state index contributed by atoms with van der Waals surface area (Å²) in [4.78, 5) is 14.4. The number of Topliss-reactive ketones (excluding diaryl/α,β-unsaturated/α-hetero) is 1. The third-order valence-corrected chi connectivity index (χ3v) is 3.78. The van der Waals surface area contributed by atoms with Crippen LogP contribution in [0.2, 0.25) is 5.02 Å². The lowest BCUT2D eigenvalue weighted by atomic mass is 10.1. The van der Waals surface area contributed by atoms with Crippen LogP contribution in [-0.4, -0.2) is 17.2 Å². The van der Waals surface area contributed by atoms with Crippen LogP contribution in [-0.2, 0) is 13.1 Å². The second-order valence-corrected chi connectivity index (χ2v) is 5.22. The van der Waals surface area contributed by atoms with Gasteiger partial charge in [-0.1, -0.05) is 48.0 Å². The van der Waals surface area contributed by atoms with Crippen LogP contribution in [0.15, 0.2) is 48.5 Å². The van der Waals surface area contributed by atoms with Gasteiger partial charge in [0.15, 0.2) is 5.78 Å². The average Bonchev–Trinajstić information content (AvgIpc) is 2.81. The minimum atomic E-state index is 0.0819. The van der Waals surface area contributed by atoms with Gasteiger partial charge >= 0.3 is 0 Å². The number of benzene rings is 2. The van der Waals surface area contributed by atoms with Crippen molar-refractivity contribution < 1.29 is 4.79 Å². The van der Waals surface area contributed by atoms with E-state index in [9.17, 15) is 4.79 Å². The number of halogens is 1. The van der Waals surface area contributed by atoms with E-state index in [1.54, 1.807) is 12.1 Å². The zero-order valence-corrected chi connectivity index (χ0v) is 11.2. The third kappa shape index (κ3) is 2.55. The summed E-state index contributed by atoms with van der Waals surface area (Å²) in [5.41, 5.74) is 3.24. The summed E-state index contributed by atoms with van der Waals surface area (Å²) in [5.74, 6) is 0.0819. The number of ketones is 1. The van der Waals surface area contributed by atoms with Gasteiger partial charge in [0.05, 0.1) is 11.6 Å². The molecule has 3 rings (SSSR count). The van der Waals surface area contributed by atoms with Crippen molar-refractivity contribution in [3.05, 3.63) is 70.2 Å². The Bertz CT molecular complexity index is 599. The number of hydrogen-bond donors (Lipinski definition) is 0. The second-order valence-electron chi connectivity index (χ2n) is 4.82. The van der Waals surface area contributed by atoms with Crippen LogP contribution in [0.1, 0.15) is 21.5 Å². The highest BCUT2D eigenvalue weighted by Gasteiger charge is 2.21. The molecular formula is C16H14ClNO. The Kier molecular flexibility index (Phi) is 3.36. The molecule has 0 aliphatic carbocycles. The number of hydrogen-bond acceptors (Lipinski definition) is 2. The van der Waals surface area contributed by atoms with E-state index in [2.05, 4.69) is 17.0 Å². The van der Waals surface area contributed by atoms with Crippen molar-refractivity contribution >= 4 is 17.4 Å². The van der Waals surface area contributed by atoms with Gasteiger partial charge in [0.1, 0.15) is 0 Å². The summed E-state index contributed by atoms with van der Waals surface area (Å²) in [6, 6.07) is 15.5. The zero-order valence-electron chi connectivity index (χ0n) is 10.5. The molecule has 1 heterocycles. The molecule has 1 aliphatic rings. The maximum absolute atomic E-state index is 12.2. The lowest BCUT2D eigenvalue weighted by Gasteiger charge is -2.14. The lowest BCUT2D eigenvalue weighted by molar-refractivity contribution is 0.0930. The Morgan fingerprint density at radius 3 is 2.21 bits per heavy atom. The summed E-state index contributed by atoms with van der Waals surface area (Å²) in [6.45, 7) is 2.09. The van der Waals surface area contributed by atoms with E-state index in [0.29, 0.717) is 17.1 Å². The van der Waals surface area contributed by atoms with E-state index >= 15 is 0 Å². The number of carbonyl (C=O) groups is 1. The van der Waals surface area contributed by atoms with Crippen molar-refractivity contribution in [1.82, 2.24) is 4.90 Å². The molecule has 0 radical (unpaired) electrons. The van der Waals surface area contributed by atoms with Gasteiger partial charge in [-0.05, 0) is 23.3 Å². The normalized spacial score (nSPS) is 14.4. The van der Waals surface area contributed by atoms with Crippen LogP contribution in [0.25, 0.3) is 0 Å². The first-order chi connectivity index (χ1) is 9.24. The maximum atomic E-state index is 12.2. The summed E-state index contributed by atoms with van der Waals surface area (Å²) in [5, 5.41) is 0.532. The molecule has 0 atom stereocenters. The van der Waals surface area contributed by atoms with Crippen molar-refractivity contribution in [2.75, 3.05) is 6.54 Å². The van der Waals surface area contributed by atoms with Gasteiger partial charge in [-0.2, -0.15) is 0 Å². The van der Waals surface area contributed by atoms with Crippen LogP contribution >= 0.6 is 11.6 Å². The topological polar surface area (TPSA) is 20.3 Å². The molecular weight excluding hydrogens is 258 g/mol. The standard InChI is InChI=1S/C16H14ClNO/c17-15-8-4-3-7-14(15)16(19)11-18-9-12-5-1-2-6-13(12)10-18/h1-8H,9-11H2.